The third kappa shape index (κ3) is 4.36. The molecule has 0 aliphatic carbocycles. The molecule has 0 saturated heterocycles. The van der Waals surface area contributed by atoms with E-state index in [0.717, 1.165) is 33.2 Å². The number of benzene rings is 2. The molecule has 2 heterocycles. The van der Waals surface area contributed by atoms with Crippen LogP contribution in [0.5, 0.6) is 0 Å². The predicted molar refractivity (Wildman–Crippen MR) is 134 cm³/mol. The number of nitrogens with zero attached hydrogens (tertiary/aromatic N) is 3. The molecule has 8 heteroatoms. The lowest BCUT2D eigenvalue weighted by atomic mass is 10.0. The van der Waals surface area contributed by atoms with Crippen molar-refractivity contribution in [2.24, 2.45) is 0 Å². The maximum atomic E-state index is 12.8. The molecule has 170 valence electrons. The van der Waals surface area contributed by atoms with Crippen LogP contribution in [-0.4, -0.2) is 21.1 Å². The molecule has 2 aromatic carbocycles. The summed E-state index contributed by atoms with van der Waals surface area (Å²) in [6.07, 6.45) is 0. The number of hydrogen-bond donors (Lipinski definition) is 2. The van der Waals surface area contributed by atoms with Gasteiger partial charge in [0.25, 0.3) is 5.56 Å². The zero-order valence-corrected chi connectivity index (χ0v) is 19.6. The zero-order valence-electron chi connectivity index (χ0n) is 18.9. The van der Waals surface area contributed by atoms with Gasteiger partial charge in [-0.3, -0.25) is 14.3 Å². The number of pyridine rings is 1. The Hall–Kier alpha value is -3.58. The van der Waals surface area contributed by atoms with Gasteiger partial charge in [-0.15, -0.1) is 0 Å². The molecule has 33 heavy (non-hydrogen) atoms. The van der Waals surface area contributed by atoms with Crippen LogP contribution in [0.15, 0.2) is 58.1 Å². The van der Waals surface area contributed by atoms with Crippen LogP contribution in [0.2, 0.25) is 5.15 Å². The Balaban J connectivity index is 1.76. The molecule has 4 rings (SSSR count). The van der Waals surface area contributed by atoms with Crippen molar-refractivity contribution in [3.63, 3.8) is 0 Å². The van der Waals surface area contributed by atoms with E-state index in [1.165, 1.54) is 4.57 Å². The molecule has 0 radical (unpaired) electrons. The number of aromatic amines is 1. The first-order valence-corrected chi connectivity index (χ1v) is 11.1. The van der Waals surface area contributed by atoms with Crippen LogP contribution < -0.4 is 21.9 Å². The highest BCUT2D eigenvalue weighted by molar-refractivity contribution is 6.30. The third-order valence-corrected chi connectivity index (χ3v) is 6.32. The Labute approximate surface area is 196 Å². The van der Waals surface area contributed by atoms with Crippen LogP contribution >= 0.6 is 11.6 Å². The van der Waals surface area contributed by atoms with E-state index in [1.807, 2.05) is 68.1 Å². The molecular formula is C25H26ClN5O2. The number of H-pyrrole nitrogens is 1. The topological polar surface area (TPSA) is 97.0 Å². The lowest BCUT2D eigenvalue weighted by molar-refractivity contribution is 0.718. The fraction of sp³-hybridized carbons (Fsp3) is 0.240. The summed E-state index contributed by atoms with van der Waals surface area (Å²) < 4.78 is 1.38. The molecule has 0 bridgehead atoms. The van der Waals surface area contributed by atoms with Crippen LogP contribution in [-0.2, 0) is 13.1 Å². The average Bonchev–Trinajstić information content (AvgIpc) is 2.80. The van der Waals surface area contributed by atoms with E-state index in [0.29, 0.717) is 18.2 Å². The van der Waals surface area contributed by atoms with Gasteiger partial charge in [0.1, 0.15) is 16.7 Å². The molecule has 0 aliphatic heterocycles. The molecule has 2 aromatic heterocycles. The van der Waals surface area contributed by atoms with Crippen molar-refractivity contribution in [1.29, 1.82) is 0 Å². The van der Waals surface area contributed by atoms with Crippen LogP contribution in [0.4, 0.5) is 11.5 Å². The van der Waals surface area contributed by atoms with Crippen LogP contribution in [0.1, 0.15) is 29.2 Å². The summed E-state index contributed by atoms with van der Waals surface area (Å²) in [6, 6.07) is 15.5. The number of halogens is 1. The quantitative estimate of drug-likeness (QED) is 0.421. The summed E-state index contributed by atoms with van der Waals surface area (Å²) >= 11 is 6.55. The SMILES string of the molecule is CCN(Cc1cc2ccc(C)c(C)c2nc1Cl)c1c(N)n(Cc2ccccc2)c(=O)[nH]c1=O. The maximum Gasteiger partial charge on any atom is 0.330 e. The Bertz CT molecular complexity index is 1440. The van der Waals surface area contributed by atoms with E-state index in [1.54, 1.807) is 0 Å². The molecule has 0 fully saturated rings. The van der Waals surface area contributed by atoms with Gasteiger partial charge in [0, 0.05) is 24.0 Å². The fourth-order valence-electron chi connectivity index (χ4n) is 3.98. The third-order valence-electron chi connectivity index (χ3n) is 5.99. The summed E-state index contributed by atoms with van der Waals surface area (Å²) in [4.78, 5) is 34.2. The zero-order chi connectivity index (χ0) is 23.7. The van der Waals surface area contributed by atoms with Crippen molar-refractivity contribution in [3.8, 4) is 0 Å². The van der Waals surface area contributed by atoms with Gasteiger partial charge >= 0.3 is 5.69 Å². The molecule has 4 aromatic rings. The number of nitrogen functional groups attached to an aromatic ring is 1. The summed E-state index contributed by atoms with van der Waals surface area (Å²) in [5.74, 6) is 0.116. The molecule has 0 unspecified atom stereocenters. The van der Waals surface area contributed by atoms with Gasteiger partial charge in [0.2, 0.25) is 0 Å². The van der Waals surface area contributed by atoms with Gasteiger partial charge in [-0.1, -0.05) is 54.1 Å². The van der Waals surface area contributed by atoms with Crippen molar-refractivity contribution >= 4 is 34.0 Å². The highest BCUT2D eigenvalue weighted by Gasteiger charge is 2.20. The standard InChI is InChI=1S/C25H26ClN5O2/c1-4-30(14-19-12-18-11-10-15(2)16(3)20(18)28-22(19)26)21-23(27)31(25(33)29-24(21)32)13-17-8-6-5-7-9-17/h5-12H,4,13-14,27H2,1-3H3,(H,29,32,33). The predicted octanol–water partition coefficient (Wildman–Crippen LogP) is 4.01. The smallest absolute Gasteiger partial charge is 0.330 e. The molecule has 3 N–H and O–H groups in total. The van der Waals surface area contributed by atoms with E-state index in [9.17, 15) is 9.59 Å². The van der Waals surface area contributed by atoms with E-state index in [2.05, 4.69) is 16.0 Å². The van der Waals surface area contributed by atoms with Gasteiger partial charge in [0.15, 0.2) is 0 Å². The summed E-state index contributed by atoms with van der Waals surface area (Å²) in [5, 5.41) is 1.35. The number of anilines is 2. The summed E-state index contributed by atoms with van der Waals surface area (Å²) in [5.41, 5.74) is 10.3. The summed E-state index contributed by atoms with van der Waals surface area (Å²) in [7, 11) is 0. The molecule has 7 nitrogen and oxygen atoms in total. The number of nitrogens with one attached hydrogen (secondary N) is 1. The molecule has 0 saturated carbocycles. The monoisotopic (exact) mass is 463 g/mol. The highest BCUT2D eigenvalue weighted by Crippen LogP contribution is 2.27. The minimum absolute atomic E-state index is 0.116. The molecule has 0 atom stereocenters. The first-order chi connectivity index (χ1) is 15.8. The second kappa shape index (κ2) is 9.11. The molecule has 0 spiro atoms. The molecule has 0 amide bonds. The molecule has 0 aliphatic rings. The van der Waals surface area contributed by atoms with E-state index in [4.69, 9.17) is 17.3 Å². The number of nitrogens with two attached hydrogens (primary N) is 1. The van der Waals surface area contributed by atoms with E-state index in [-0.39, 0.29) is 18.1 Å². The lowest BCUT2D eigenvalue weighted by Crippen LogP contribution is -2.38. The van der Waals surface area contributed by atoms with Crippen LogP contribution in [0, 0.1) is 13.8 Å². The molecular weight excluding hydrogens is 438 g/mol. The van der Waals surface area contributed by atoms with Gasteiger partial charge < -0.3 is 10.6 Å². The Morgan fingerprint density at radius 2 is 1.85 bits per heavy atom. The Morgan fingerprint density at radius 1 is 1.12 bits per heavy atom. The number of aromatic nitrogens is 3. The fourth-order valence-corrected chi connectivity index (χ4v) is 4.17. The van der Waals surface area contributed by atoms with Gasteiger partial charge in [-0.25, -0.2) is 9.78 Å². The van der Waals surface area contributed by atoms with Crippen molar-refractivity contribution in [1.82, 2.24) is 14.5 Å². The number of hydrogen-bond acceptors (Lipinski definition) is 5. The largest absolute Gasteiger partial charge is 0.383 e. The van der Waals surface area contributed by atoms with Gasteiger partial charge in [-0.05, 0) is 43.5 Å². The minimum atomic E-state index is -0.544. The van der Waals surface area contributed by atoms with E-state index >= 15 is 0 Å². The Kier molecular flexibility index (Phi) is 6.24. The van der Waals surface area contributed by atoms with Crippen molar-refractivity contribution in [2.45, 2.75) is 33.9 Å². The number of rotatable bonds is 6. The van der Waals surface area contributed by atoms with Crippen molar-refractivity contribution in [2.75, 3.05) is 17.2 Å². The minimum Gasteiger partial charge on any atom is -0.383 e. The normalized spacial score (nSPS) is 11.2. The van der Waals surface area contributed by atoms with Crippen LogP contribution in [0.3, 0.4) is 0 Å². The second-order valence-corrected chi connectivity index (χ2v) is 8.45. The highest BCUT2D eigenvalue weighted by atomic mass is 35.5. The van der Waals surface area contributed by atoms with Gasteiger partial charge in [-0.2, -0.15) is 0 Å². The Morgan fingerprint density at radius 3 is 2.55 bits per heavy atom. The summed E-state index contributed by atoms with van der Waals surface area (Å²) in [6.45, 7) is 7.04. The lowest BCUT2D eigenvalue weighted by Gasteiger charge is -2.25. The van der Waals surface area contributed by atoms with Crippen molar-refractivity contribution in [3.05, 3.63) is 96.8 Å². The van der Waals surface area contributed by atoms with Crippen LogP contribution in [0.25, 0.3) is 10.9 Å². The average molecular weight is 464 g/mol. The van der Waals surface area contributed by atoms with Crippen molar-refractivity contribution < 1.29 is 0 Å². The second-order valence-electron chi connectivity index (χ2n) is 8.10. The van der Waals surface area contributed by atoms with Gasteiger partial charge in [0.05, 0.1) is 12.1 Å². The first-order valence-electron chi connectivity index (χ1n) is 10.8. The number of aryl methyl sites for hydroxylation is 2. The number of fused-ring (bicyclic) bond motifs is 1. The maximum absolute atomic E-state index is 12.8. The first kappa shape index (κ1) is 22.6. The van der Waals surface area contributed by atoms with E-state index < -0.39 is 11.2 Å².